The van der Waals surface area contributed by atoms with Gasteiger partial charge in [0, 0.05) is 19.3 Å². The highest BCUT2D eigenvalue weighted by molar-refractivity contribution is 5.71. The fraction of sp³-hybridized carbons (Fsp3) is 0.836. The van der Waals surface area contributed by atoms with Gasteiger partial charge in [-0.05, 0) is 77.0 Å². The van der Waals surface area contributed by atoms with E-state index in [9.17, 15) is 14.4 Å². The van der Waals surface area contributed by atoms with Crippen molar-refractivity contribution >= 4 is 17.9 Å². The monoisotopic (exact) mass is 857 g/mol. The molecule has 0 heterocycles. The Kier molecular flexibility index (Phi) is 48.3. The fourth-order valence-corrected chi connectivity index (χ4v) is 7.59. The molecule has 0 aliphatic rings. The van der Waals surface area contributed by atoms with Crippen LogP contribution in [0.25, 0.3) is 0 Å². The van der Waals surface area contributed by atoms with E-state index in [0.717, 1.165) is 70.6 Å². The van der Waals surface area contributed by atoms with Crippen molar-refractivity contribution in [3.8, 4) is 0 Å². The predicted molar refractivity (Wildman–Crippen MR) is 261 cm³/mol. The molecule has 0 saturated carbocycles. The van der Waals surface area contributed by atoms with Gasteiger partial charge in [0.15, 0.2) is 6.10 Å². The zero-order valence-corrected chi connectivity index (χ0v) is 40.7. The van der Waals surface area contributed by atoms with E-state index in [1.165, 1.54) is 167 Å². The maximum atomic E-state index is 12.8. The minimum absolute atomic E-state index is 0.0739. The molecule has 1 atom stereocenters. The molecule has 0 spiro atoms. The van der Waals surface area contributed by atoms with Gasteiger partial charge < -0.3 is 14.2 Å². The van der Waals surface area contributed by atoms with E-state index >= 15 is 0 Å². The van der Waals surface area contributed by atoms with Crippen molar-refractivity contribution in [2.45, 2.75) is 284 Å². The molecule has 0 aliphatic heterocycles. The summed E-state index contributed by atoms with van der Waals surface area (Å²) in [6.07, 6.45) is 58.4. The van der Waals surface area contributed by atoms with E-state index in [4.69, 9.17) is 14.2 Å². The molecule has 0 fully saturated rings. The van der Waals surface area contributed by atoms with Crippen molar-refractivity contribution < 1.29 is 28.6 Å². The van der Waals surface area contributed by atoms with E-state index in [2.05, 4.69) is 57.2 Å². The lowest BCUT2D eigenvalue weighted by atomic mass is 10.1. The molecule has 0 aliphatic carbocycles. The summed E-state index contributed by atoms with van der Waals surface area (Å²) in [6, 6.07) is 0. The summed E-state index contributed by atoms with van der Waals surface area (Å²) in [5.41, 5.74) is 0. The molecule has 0 bridgehead atoms. The molecule has 1 unspecified atom stereocenters. The molecular weight excluding hydrogens is 757 g/mol. The van der Waals surface area contributed by atoms with Gasteiger partial charge in [0.2, 0.25) is 0 Å². The van der Waals surface area contributed by atoms with Crippen LogP contribution in [0.1, 0.15) is 278 Å². The molecule has 61 heavy (non-hydrogen) atoms. The first-order valence-corrected chi connectivity index (χ1v) is 26.5. The molecule has 6 heteroatoms. The minimum Gasteiger partial charge on any atom is -0.462 e. The van der Waals surface area contributed by atoms with Gasteiger partial charge in [0.1, 0.15) is 13.2 Å². The third-order valence-corrected chi connectivity index (χ3v) is 11.6. The predicted octanol–water partition coefficient (Wildman–Crippen LogP) is 17.3. The second-order valence-corrected chi connectivity index (χ2v) is 17.8. The number of rotatable bonds is 48. The van der Waals surface area contributed by atoms with E-state index in [1.807, 2.05) is 0 Å². The number of hydrogen-bond donors (Lipinski definition) is 0. The zero-order valence-electron chi connectivity index (χ0n) is 40.7. The van der Waals surface area contributed by atoms with Crippen molar-refractivity contribution in [1.82, 2.24) is 0 Å². The van der Waals surface area contributed by atoms with Crippen molar-refractivity contribution in [3.05, 3.63) is 36.5 Å². The normalized spacial score (nSPS) is 12.2. The van der Waals surface area contributed by atoms with Crippen molar-refractivity contribution in [2.24, 2.45) is 0 Å². The van der Waals surface area contributed by atoms with Crippen LogP contribution in [-0.4, -0.2) is 37.2 Å². The summed E-state index contributed by atoms with van der Waals surface area (Å²) in [6.45, 7) is 6.60. The Morgan fingerprint density at radius 1 is 0.328 bits per heavy atom. The van der Waals surface area contributed by atoms with Gasteiger partial charge in [-0.2, -0.15) is 0 Å². The quantitative estimate of drug-likeness (QED) is 0.0262. The van der Waals surface area contributed by atoms with Crippen LogP contribution in [0.15, 0.2) is 36.5 Å². The van der Waals surface area contributed by atoms with Crippen molar-refractivity contribution in [3.63, 3.8) is 0 Å². The van der Waals surface area contributed by atoms with Crippen LogP contribution in [0.3, 0.4) is 0 Å². The lowest BCUT2D eigenvalue weighted by molar-refractivity contribution is -0.167. The number of esters is 3. The summed E-state index contributed by atoms with van der Waals surface area (Å²) in [5, 5.41) is 0. The van der Waals surface area contributed by atoms with Crippen LogP contribution in [0.5, 0.6) is 0 Å². The van der Waals surface area contributed by atoms with Crippen LogP contribution < -0.4 is 0 Å². The van der Waals surface area contributed by atoms with E-state index < -0.39 is 6.10 Å². The number of carbonyl (C=O) groups is 3. The Morgan fingerprint density at radius 2 is 0.590 bits per heavy atom. The first-order valence-electron chi connectivity index (χ1n) is 26.5. The third-order valence-electron chi connectivity index (χ3n) is 11.6. The Hall–Kier alpha value is -2.37. The van der Waals surface area contributed by atoms with Crippen LogP contribution in [0.2, 0.25) is 0 Å². The minimum atomic E-state index is -0.773. The molecule has 0 amide bonds. The van der Waals surface area contributed by atoms with Gasteiger partial charge in [-0.3, -0.25) is 14.4 Å². The van der Waals surface area contributed by atoms with Gasteiger partial charge in [-0.1, -0.05) is 218 Å². The van der Waals surface area contributed by atoms with Gasteiger partial charge in [0.05, 0.1) is 0 Å². The number of carbonyl (C=O) groups excluding carboxylic acids is 3. The van der Waals surface area contributed by atoms with E-state index in [1.54, 1.807) is 0 Å². The number of unbranched alkanes of at least 4 members (excludes halogenated alkanes) is 31. The second-order valence-electron chi connectivity index (χ2n) is 17.8. The maximum absolute atomic E-state index is 12.8. The Balaban J connectivity index is 4.31. The van der Waals surface area contributed by atoms with Crippen LogP contribution >= 0.6 is 0 Å². The molecule has 0 rings (SSSR count). The maximum Gasteiger partial charge on any atom is 0.306 e. The first kappa shape index (κ1) is 58.6. The largest absolute Gasteiger partial charge is 0.462 e. The highest BCUT2D eigenvalue weighted by atomic mass is 16.6. The molecule has 356 valence electrons. The van der Waals surface area contributed by atoms with Gasteiger partial charge in [-0.25, -0.2) is 0 Å². The average molecular weight is 857 g/mol. The fourth-order valence-electron chi connectivity index (χ4n) is 7.59. The molecule has 0 radical (unpaired) electrons. The molecule has 0 aromatic heterocycles. The highest BCUT2D eigenvalue weighted by Gasteiger charge is 2.19. The average Bonchev–Trinajstić information content (AvgIpc) is 3.26. The van der Waals surface area contributed by atoms with Gasteiger partial charge in [0.25, 0.3) is 0 Å². The molecule has 0 aromatic carbocycles. The van der Waals surface area contributed by atoms with E-state index in [0.29, 0.717) is 19.3 Å². The van der Waals surface area contributed by atoms with Crippen molar-refractivity contribution in [1.29, 1.82) is 0 Å². The standard InChI is InChI=1S/C55H100O6/c1-4-7-10-13-16-19-22-24-25-26-27-28-29-31-33-36-39-42-45-48-54(57)60-51-52(50-59-53(56)47-44-41-38-35-32-21-18-15-12-9-6-3)61-55(58)49-46-43-40-37-34-30-23-20-17-14-11-8-5-2/h16,19-20,23-25,52H,4-15,17-18,21-22,26-51H2,1-3H3/b19-16-,23-20-,25-24-. The summed E-state index contributed by atoms with van der Waals surface area (Å²) in [4.78, 5) is 37.9. The Morgan fingerprint density at radius 3 is 0.967 bits per heavy atom. The summed E-state index contributed by atoms with van der Waals surface area (Å²) >= 11 is 0. The summed E-state index contributed by atoms with van der Waals surface area (Å²) in [7, 11) is 0. The first-order chi connectivity index (χ1) is 30.0. The SMILES string of the molecule is CCCCC/C=C\C/C=C\CCCCCCCCCCCC(=O)OCC(COC(=O)CCCCCCCCCCCCC)OC(=O)CCCCCCC/C=C\CCCCCC. The van der Waals surface area contributed by atoms with E-state index in [-0.39, 0.29) is 31.1 Å². The number of ether oxygens (including phenoxy) is 3. The smallest absolute Gasteiger partial charge is 0.306 e. The van der Waals surface area contributed by atoms with Gasteiger partial charge >= 0.3 is 17.9 Å². The Bertz CT molecular complexity index is 1030. The lowest BCUT2D eigenvalue weighted by Crippen LogP contribution is -2.30. The van der Waals surface area contributed by atoms with Crippen LogP contribution in [0.4, 0.5) is 0 Å². The molecule has 0 saturated heterocycles. The van der Waals surface area contributed by atoms with Gasteiger partial charge in [-0.15, -0.1) is 0 Å². The lowest BCUT2D eigenvalue weighted by Gasteiger charge is -2.18. The van der Waals surface area contributed by atoms with Crippen LogP contribution in [0, 0.1) is 0 Å². The third kappa shape index (κ3) is 48.5. The highest BCUT2D eigenvalue weighted by Crippen LogP contribution is 2.15. The molecule has 6 nitrogen and oxygen atoms in total. The molecule has 0 aromatic rings. The molecule has 0 N–H and O–H groups in total. The summed E-state index contributed by atoms with van der Waals surface area (Å²) < 4.78 is 16.8. The molecular formula is C55H100O6. The zero-order chi connectivity index (χ0) is 44.4. The topological polar surface area (TPSA) is 78.9 Å². The number of allylic oxidation sites excluding steroid dienone is 6. The summed E-state index contributed by atoms with van der Waals surface area (Å²) in [5.74, 6) is -0.878. The van der Waals surface area contributed by atoms with Crippen LogP contribution in [-0.2, 0) is 28.6 Å². The van der Waals surface area contributed by atoms with Crippen molar-refractivity contribution in [2.75, 3.05) is 13.2 Å². The Labute approximate surface area is 378 Å². The number of hydrogen-bond acceptors (Lipinski definition) is 6. The second kappa shape index (κ2) is 50.3.